The van der Waals surface area contributed by atoms with Crippen molar-refractivity contribution in [2.24, 2.45) is 0 Å². The van der Waals surface area contributed by atoms with E-state index in [9.17, 15) is 14.0 Å². The first-order valence-corrected chi connectivity index (χ1v) is 10.2. The van der Waals surface area contributed by atoms with Crippen molar-refractivity contribution in [3.8, 4) is 11.3 Å². The van der Waals surface area contributed by atoms with Crippen LogP contribution in [-0.2, 0) is 11.3 Å². The maximum absolute atomic E-state index is 13.2. The molecule has 1 N–H and O–H groups in total. The summed E-state index contributed by atoms with van der Waals surface area (Å²) in [4.78, 5) is 25.5. The SMILES string of the molecule is CC[C@@H](C(=O)NCCn1ccn2nc(-c3ccc(F)cc3)cc2c1=O)c1ccccc1. The number of nitrogens with zero attached hydrogens (tertiary/aromatic N) is 3. The largest absolute Gasteiger partial charge is 0.354 e. The van der Waals surface area contributed by atoms with Crippen LogP contribution in [0.25, 0.3) is 16.8 Å². The summed E-state index contributed by atoms with van der Waals surface area (Å²) in [6, 6.07) is 17.3. The molecular weight excluding hydrogens is 395 g/mol. The molecule has 7 heteroatoms. The summed E-state index contributed by atoms with van der Waals surface area (Å²) < 4.78 is 16.2. The van der Waals surface area contributed by atoms with Crippen LogP contribution in [0.1, 0.15) is 24.8 Å². The zero-order valence-corrected chi connectivity index (χ0v) is 17.2. The maximum Gasteiger partial charge on any atom is 0.276 e. The van der Waals surface area contributed by atoms with Crippen LogP contribution in [0.2, 0.25) is 0 Å². The molecule has 0 bridgehead atoms. The molecule has 4 rings (SSSR count). The first kappa shape index (κ1) is 20.5. The van der Waals surface area contributed by atoms with Gasteiger partial charge in [-0.25, -0.2) is 8.91 Å². The number of carbonyl (C=O) groups is 1. The first-order chi connectivity index (χ1) is 15.1. The lowest BCUT2D eigenvalue weighted by Crippen LogP contribution is -2.34. The Morgan fingerprint density at radius 2 is 1.84 bits per heavy atom. The quantitative estimate of drug-likeness (QED) is 0.499. The van der Waals surface area contributed by atoms with E-state index in [4.69, 9.17) is 0 Å². The summed E-state index contributed by atoms with van der Waals surface area (Å²) in [5.74, 6) is -0.589. The van der Waals surface area contributed by atoms with Crippen molar-refractivity contribution < 1.29 is 9.18 Å². The van der Waals surface area contributed by atoms with Gasteiger partial charge in [-0.2, -0.15) is 5.10 Å². The van der Waals surface area contributed by atoms with Gasteiger partial charge in [0.2, 0.25) is 5.91 Å². The summed E-state index contributed by atoms with van der Waals surface area (Å²) in [7, 11) is 0. The van der Waals surface area contributed by atoms with Gasteiger partial charge in [0, 0.05) is 31.0 Å². The number of halogens is 1. The van der Waals surface area contributed by atoms with E-state index in [0.717, 1.165) is 11.1 Å². The molecular formula is C24H23FN4O2. The molecule has 0 saturated heterocycles. The fourth-order valence-electron chi connectivity index (χ4n) is 3.64. The van der Waals surface area contributed by atoms with E-state index >= 15 is 0 Å². The number of fused-ring (bicyclic) bond motifs is 1. The molecule has 158 valence electrons. The molecule has 0 radical (unpaired) electrons. The van der Waals surface area contributed by atoms with Crippen molar-refractivity contribution in [2.45, 2.75) is 25.8 Å². The number of aromatic nitrogens is 3. The summed E-state index contributed by atoms with van der Waals surface area (Å²) in [6.07, 6.45) is 4.05. The minimum atomic E-state index is -0.325. The van der Waals surface area contributed by atoms with E-state index in [0.29, 0.717) is 30.7 Å². The van der Waals surface area contributed by atoms with Gasteiger partial charge in [0.1, 0.15) is 11.3 Å². The van der Waals surface area contributed by atoms with Gasteiger partial charge in [0.05, 0.1) is 11.6 Å². The van der Waals surface area contributed by atoms with Crippen LogP contribution in [0.4, 0.5) is 4.39 Å². The second-order valence-corrected chi connectivity index (χ2v) is 7.33. The predicted molar refractivity (Wildman–Crippen MR) is 117 cm³/mol. The van der Waals surface area contributed by atoms with Gasteiger partial charge in [-0.15, -0.1) is 0 Å². The monoisotopic (exact) mass is 418 g/mol. The molecule has 0 fully saturated rings. The molecule has 0 aliphatic heterocycles. The molecule has 0 spiro atoms. The van der Waals surface area contributed by atoms with E-state index in [1.54, 1.807) is 35.2 Å². The lowest BCUT2D eigenvalue weighted by molar-refractivity contribution is -0.122. The molecule has 4 aromatic rings. The summed E-state index contributed by atoms with van der Waals surface area (Å²) in [6.45, 7) is 2.68. The first-order valence-electron chi connectivity index (χ1n) is 10.2. The Kier molecular flexibility index (Phi) is 5.93. The van der Waals surface area contributed by atoms with Gasteiger partial charge >= 0.3 is 0 Å². The Morgan fingerprint density at radius 3 is 2.55 bits per heavy atom. The number of amides is 1. The average molecular weight is 418 g/mol. The predicted octanol–water partition coefficient (Wildman–Crippen LogP) is 3.61. The molecule has 2 heterocycles. The van der Waals surface area contributed by atoms with Crippen LogP contribution in [0.3, 0.4) is 0 Å². The Labute approximate surface area is 179 Å². The molecule has 2 aromatic heterocycles. The van der Waals surface area contributed by atoms with Crippen LogP contribution in [0, 0.1) is 5.82 Å². The second kappa shape index (κ2) is 8.95. The topological polar surface area (TPSA) is 68.4 Å². The molecule has 1 atom stereocenters. The number of hydrogen-bond acceptors (Lipinski definition) is 3. The molecule has 6 nitrogen and oxygen atoms in total. The fourth-order valence-corrected chi connectivity index (χ4v) is 3.64. The molecule has 0 aliphatic rings. The van der Waals surface area contributed by atoms with Crippen LogP contribution in [-0.4, -0.2) is 26.6 Å². The minimum Gasteiger partial charge on any atom is -0.354 e. The van der Waals surface area contributed by atoms with Gasteiger partial charge < -0.3 is 9.88 Å². The van der Waals surface area contributed by atoms with E-state index in [-0.39, 0.29) is 23.2 Å². The Morgan fingerprint density at radius 1 is 1.10 bits per heavy atom. The van der Waals surface area contributed by atoms with E-state index in [1.165, 1.54) is 16.6 Å². The third-order valence-electron chi connectivity index (χ3n) is 5.32. The maximum atomic E-state index is 13.2. The lowest BCUT2D eigenvalue weighted by Gasteiger charge is -2.15. The zero-order chi connectivity index (χ0) is 21.8. The third-order valence-corrected chi connectivity index (χ3v) is 5.32. The molecule has 1 amide bonds. The molecule has 0 saturated carbocycles. The van der Waals surface area contributed by atoms with E-state index in [2.05, 4.69) is 10.4 Å². The van der Waals surface area contributed by atoms with Crippen molar-refractivity contribution in [3.63, 3.8) is 0 Å². The van der Waals surface area contributed by atoms with Gasteiger partial charge in [0.15, 0.2) is 0 Å². The highest BCUT2D eigenvalue weighted by Crippen LogP contribution is 2.20. The van der Waals surface area contributed by atoms with Crippen LogP contribution in [0.5, 0.6) is 0 Å². The van der Waals surface area contributed by atoms with Crippen molar-refractivity contribution in [3.05, 3.63) is 94.8 Å². The summed E-state index contributed by atoms with van der Waals surface area (Å²) >= 11 is 0. The van der Waals surface area contributed by atoms with Gasteiger partial charge in [-0.1, -0.05) is 37.3 Å². The van der Waals surface area contributed by atoms with Crippen LogP contribution >= 0.6 is 0 Å². The third kappa shape index (κ3) is 4.40. The number of rotatable bonds is 7. The highest BCUT2D eigenvalue weighted by Gasteiger charge is 2.18. The average Bonchev–Trinajstić information content (AvgIpc) is 3.22. The summed E-state index contributed by atoms with van der Waals surface area (Å²) in [5, 5.41) is 7.34. The Bertz CT molecular complexity index is 1250. The van der Waals surface area contributed by atoms with Crippen molar-refractivity contribution in [1.82, 2.24) is 19.5 Å². The Balaban J connectivity index is 1.46. The number of carbonyl (C=O) groups excluding carboxylic acids is 1. The van der Waals surface area contributed by atoms with Gasteiger partial charge in [0.25, 0.3) is 5.56 Å². The smallest absolute Gasteiger partial charge is 0.276 e. The van der Waals surface area contributed by atoms with E-state index < -0.39 is 0 Å². The molecule has 2 aromatic carbocycles. The summed E-state index contributed by atoms with van der Waals surface area (Å²) in [5.41, 5.74) is 2.52. The number of hydrogen-bond donors (Lipinski definition) is 1. The highest BCUT2D eigenvalue weighted by molar-refractivity contribution is 5.83. The van der Waals surface area contributed by atoms with Gasteiger partial charge in [-0.3, -0.25) is 9.59 Å². The second-order valence-electron chi connectivity index (χ2n) is 7.33. The molecule has 0 aliphatic carbocycles. The number of benzene rings is 2. The van der Waals surface area contributed by atoms with Crippen molar-refractivity contribution in [1.29, 1.82) is 0 Å². The standard InChI is InChI=1S/C24H23FN4O2/c1-2-20(17-6-4-3-5-7-17)23(30)26-12-13-28-14-15-29-22(24(28)31)16-21(27-29)18-8-10-19(25)11-9-18/h3-11,14-16,20H,2,12-13H2,1H3,(H,26,30)/t20-/m1/s1. The number of nitrogens with one attached hydrogen (secondary N) is 1. The van der Waals surface area contributed by atoms with Crippen molar-refractivity contribution >= 4 is 11.4 Å². The fraction of sp³-hybridized carbons (Fsp3) is 0.208. The zero-order valence-electron chi connectivity index (χ0n) is 17.2. The van der Waals surface area contributed by atoms with E-state index in [1.807, 2.05) is 37.3 Å². The Hall–Kier alpha value is -3.74. The highest BCUT2D eigenvalue weighted by atomic mass is 19.1. The van der Waals surface area contributed by atoms with Crippen LogP contribution in [0.15, 0.2) is 77.9 Å². The van der Waals surface area contributed by atoms with Gasteiger partial charge in [-0.05, 0) is 42.3 Å². The lowest BCUT2D eigenvalue weighted by atomic mass is 9.96. The normalized spacial score (nSPS) is 12.1. The molecule has 31 heavy (non-hydrogen) atoms. The van der Waals surface area contributed by atoms with Crippen molar-refractivity contribution in [2.75, 3.05) is 6.54 Å². The molecule has 0 unspecified atom stereocenters. The minimum absolute atomic E-state index is 0.0502. The van der Waals surface area contributed by atoms with Crippen LogP contribution < -0.4 is 10.9 Å².